The maximum atomic E-state index is 9.09. The van der Waals surface area contributed by atoms with Crippen molar-refractivity contribution in [3.8, 4) is 11.8 Å². The number of hydrogen-bond donors (Lipinski definition) is 1. The summed E-state index contributed by atoms with van der Waals surface area (Å²) in [5.74, 6) is 0.854. The fourth-order valence-electron chi connectivity index (χ4n) is 1.90. The number of nitriles is 1. The lowest BCUT2D eigenvalue weighted by atomic mass is 9.95. The van der Waals surface area contributed by atoms with Crippen molar-refractivity contribution in [2.75, 3.05) is 19.0 Å². The van der Waals surface area contributed by atoms with E-state index in [4.69, 9.17) is 10.00 Å². The van der Waals surface area contributed by atoms with Crippen LogP contribution in [-0.2, 0) is 0 Å². The summed E-state index contributed by atoms with van der Waals surface area (Å²) in [6.07, 6.45) is 0. The Morgan fingerprint density at radius 1 is 1.21 bits per heavy atom. The van der Waals surface area contributed by atoms with E-state index >= 15 is 0 Å². The van der Waals surface area contributed by atoms with Gasteiger partial charge in [0.25, 0.3) is 0 Å². The standard InChI is InChI=1S/C15H21BrN2O/c1-9-10(2)14(19-6)13(11(3)12(9)16)18-8-15(4,5)7-17/h18H,8H2,1-6H3. The lowest BCUT2D eigenvalue weighted by Crippen LogP contribution is -2.22. The van der Waals surface area contributed by atoms with E-state index in [1.165, 1.54) is 5.56 Å². The summed E-state index contributed by atoms with van der Waals surface area (Å²) < 4.78 is 6.61. The minimum atomic E-state index is -0.414. The molecule has 0 saturated heterocycles. The van der Waals surface area contributed by atoms with E-state index in [9.17, 15) is 0 Å². The molecule has 0 aliphatic rings. The van der Waals surface area contributed by atoms with Gasteiger partial charge in [-0.25, -0.2) is 0 Å². The second kappa shape index (κ2) is 5.83. The van der Waals surface area contributed by atoms with Crippen molar-refractivity contribution in [3.63, 3.8) is 0 Å². The van der Waals surface area contributed by atoms with Crippen LogP contribution in [0.5, 0.6) is 5.75 Å². The monoisotopic (exact) mass is 324 g/mol. The van der Waals surface area contributed by atoms with Crippen LogP contribution in [0.15, 0.2) is 4.47 Å². The zero-order chi connectivity index (χ0) is 14.8. The predicted octanol–water partition coefficient (Wildman–Crippen LogP) is 4.34. The third-order valence-electron chi connectivity index (χ3n) is 3.38. The summed E-state index contributed by atoms with van der Waals surface area (Å²) >= 11 is 3.62. The van der Waals surface area contributed by atoms with E-state index in [1.807, 2.05) is 27.7 Å². The highest BCUT2D eigenvalue weighted by molar-refractivity contribution is 9.10. The summed E-state index contributed by atoms with van der Waals surface area (Å²) in [7, 11) is 1.68. The van der Waals surface area contributed by atoms with Crippen molar-refractivity contribution in [2.24, 2.45) is 5.41 Å². The Morgan fingerprint density at radius 3 is 2.26 bits per heavy atom. The molecule has 1 aromatic rings. The molecule has 0 amide bonds. The van der Waals surface area contributed by atoms with E-state index in [1.54, 1.807) is 7.11 Å². The highest BCUT2D eigenvalue weighted by Gasteiger charge is 2.21. The number of halogens is 1. The van der Waals surface area contributed by atoms with Gasteiger partial charge in [0.15, 0.2) is 0 Å². The molecule has 0 atom stereocenters. The van der Waals surface area contributed by atoms with Gasteiger partial charge < -0.3 is 10.1 Å². The maximum Gasteiger partial charge on any atom is 0.145 e. The minimum absolute atomic E-state index is 0.414. The Kier molecular flexibility index (Phi) is 4.86. The SMILES string of the molecule is COc1c(C)c(C)c(Br)c(C)c1NCC(C)(C)C#N. The van der Waals surface area contributed by atoms with Gasteiger partial charge in [-0.3, -0.25) is 0 Å². The number of nitrogens with one attached hydrogen (secondary N) is 1. The van der Waals surface area contributed by atoms with Crippen LogP contribution in [0.25, 0.3) is 0 Å². The van der Waals surface area contributed by atoms with Crippen molar-refractivity contribution < 1.29 is 4.74 Å². The molecule has 19 heavy (non-hydrogen) atoms. The van der Waals surface area contributed by atoms with E-state index in [-0.39, 0.29) is 0 Å². The number of hydrogen-bond acceptors (Lipinski definition) is 3. The molecule has 0 heterocycles. The summed E-state index contributed by atoms with van der Waals surface area (Å²) in [5.41, 5.74) is 3.94. The molecule has 104 valence electrons. The maximum absolute atomic E-state index is 9.09. The van der Waals surface area contributed by atoms with Gasteiger partial charge in [0.2, 0.25) is 0 Å². The average Bonchev–Trinajstić information content (AvgIpc) is 2.39. The van der Waals surface area contributed by atoms with Gasteiger partial charge in [0, 0.05) is 11.0 Å². The molecular formula is C15H21BrN2O. The van der Waals surface area contributed by atoms with Crippen LogP contribution in [0.2, 0.25) is 0 Å². The number of benzene rings is 1. The average molecular weight is 325 g/mol. The van der Waals surface area contributed by atoms with E-state index in [0.717, 1.165) is 27.0 Å². The van der Waals surface area contributed by atoms with E-state index < -0.39 is 5.41 Å². The molecule has 4 heteroatoms. The van der Waals surface area contributed by atoms with Gasteiger partial charge in [0.05, 0.1) is 24.3 Å². The number of methoxy groups -OCH3 is 1. The van der Waals surface area contributed by atoms with Gasteiger partial charge in [-0.05, 0) is 51.3 Å². The van der Waals surface area contributed by atoms with Gasteiger partial charge >= 0.3 is 0 Å². The minimum Gasteiger partial charge on any atom is -0.494 e. The smallest absolute Gasteiger partial charge is 0.145 e. The van der Waals surface area contributed by atoms with Crippen LogP contribution < -0.4 is 10.1 Å². The number of nitrogens with zero attached hydrogens (tertiary/aromatic N) is 1. The first kappa shape index (κ1) is 15.8. The van der Waals surface area contributed by atoms with Gasteiger partial charge in [0.1, 0.15) is 5.75 Å². The molecule has 0 aromatic heterocycles. The zero-order valence-electron chi connectivity index (χ0n) is 12.4. The first-order valence-electron chi connectivity index (χ1n) is 6.23. The molecule has 1 rings (SSSR count). The van der Waals surface area contributed by atoms with Gasteiger partial charge in [-0.15, -0.1) is 0 Å². The topological polar surface area (TPSA) is 45.0 Å². The summed E-state index contributed by atoms with van der Waals surface area (Å²) in [5, 5.41) is 12.4. The molecule has 0 radical (unpaired) electrons. The molecule has 0 bridgehead atoms. The normalized spacial score (nSPS) is 11.1. The van der Waals surface area contributed by atoms with Crippen LogP contribution >= 0.6 is 15.9 Å². The van der Waals surface area contributed by atoms with Crippen molar-refractivity contribution in [1.82, 2.24) is 0 Å². The Hall–Kier alpha value is -1.21. The summed E-state index contributed by atoms with van der Waals surface area (Å²) in [6, 6.07) is 2.29. The van der Waals surface area contributed by atoms with Gasteiger partial charge in [-0.2, -0.15) is 5.26 Å². The van der Waals surface area contributed by atoms with Crippen molar-refractivity contribution >= 4 is 21.6 Å². The highest BCUT2D eigenvalue weighted by Crippen LogP contribution is 2.40. The second-order valence-corrected chi connectivity index (χ2v) is 6.24. The first-order chi connectivity index (χ1) is 8.75. The van der Waals surface area contributed by atoms with Gasteiger partial charge in [-0.1, -0.05) is 15.9 Å². The largest absolute Gasteiger partial charge is 0.494 e. The quantitative estimate of drug-likeness (QED) is 0.895. The summed E-state index contributed by atoms with van der Waals surface area (Å²) in [6.45, 7) is 10.6. The molecule has 3 nitrogen and oxygen atoms in total. The van der Waals surface area contributed by atoms with E-state index in [2.05, 4.69) is 34.2 Å². The number of ether oxygens (including phenoxy) is 1. The molecule has 1 N–H and O–H groups in total. The molecule has 0 aliphatic carbocycles. The Labute approximate surface area is 124 Å². The van der Waals surface area contributed by atoms with Crippen LogP contribution in [-0.4, -0.2) is 13.7 Å². The molecule has 0 fully saturated rings. The summed E-state index contributed by atoms with van der Waals surface area (Å²) in [4.78, 5) is 0. The molecular weight excluding hydrogens is 304 g/mol. The Balaban J connectivity index is 3.24. The third-order valence-corrected chi connectivity index (χ3v) is 4.57. The molecule has 0 saturated carbocycles. The Morgan fingerprint density at radius 2 is 1.79 bits per heavy atom. The van der Waals surface area contributed by atoms with Crippen molar-refractivity contribution in [1.29, 1.82) is 5.26 Å². The predicted molar refractivity (Wildman–Crippen MR) is 82.8 cm³/mol. The Bertz CT molecular complexity index is 530. The zero-order valence-corrected chi connectivity index (χ0v) is 14.0. The van der Waals surface area contributed by atoms with Crippen molar-refractivity contribution in [2.45, 2.75) is 34.6 Å². The molecule has 0 spiro atoms. The third kappa shape index (κ3) is 3.22. The number of anilines is 1. The first-order valence-corrected chi connectivity index (χ1v) is 7.03. The molecule has 1 aromatic carbocycles. The molecule has 0 unspecified atom stereocenters. The lowest BCUT2D eigenvalue weighted by molar-refractivity contribution is 0.411. The number of rotatable bonds is 4. The van der Waals surface area contributed by atoms with Crippen LogP contribution in [0.4, 0.5) is 5.69 Å². The van der Waals surface area contributed by atoms with Crippen molar-refractivity contribution in [3.05, 3.63) is 21.2 Å². The lowest BCUT2D eigenvalue weighted by Gasteiger charge is -2.23. The van der Waals surface area contributed by atoms with Crippen LogP contribution in [0, 0.1) is 37.5 Å². The molecule has 0 aliphatic heterocycles. The fourth-order valence-corrected chi connectivity index (χ4v) is 2.40. The van der Waals surface area contributed by atoms with Crippen LogP contribution in [0.3, 0.4) is 0 Å². The van der Waals surface area contributed by atoms with E-state index in [0.29, 0.717) is 6.54 Å². The highest BCUT2D eigenvalue weighted by atomic mass is 79.9. The fraction of sp³-hybridized carbons (Fsp3) is 0.533. The van der Waals surface area contributed by atoms with Crippen LogP contribution in [0.1, 0.15) is 30.5 Å². The second-order valence-electron chi connectivity index (χ2n) is 5.45.